The summed E-state index contributed by atoms with van der Waals surface area (Å²) in [5, 5.41) is 16.6. The van der Waals surface area contributed by atoms with Crippen molar-refractivity contribution < 1.29 is 29.0 Å². The number of fused-ring (bicyclic) bond motifs is 1. The summed E-state index contributed by atoms with van der Waals surface area (Å²) >= 11 is 0. The van der Waals surface area contributed by atoms with Crippen LogP contribution in [0.15, 0.2) is 54.9 Å². The maximum atomic E-state index is 12.7. The fourth-order valence-corrected chi connectivity index (χ4v) is 3.20. The van der Waals surface area contributed by atoms with Crippen LogP contribution in [0.25, 0.3) is 11.1 Å². The van der Waals surface area contributed by atoms with E-state index >= 15 is 0 Å². The van der Waals surface area contributed by atoms with Gasteiger partial charge in [0, 0.05) is 31.8 Å². The van der Waals surface area contributed by atoms with Crippen LogP contribution in [0.3, 0.4) is 0 Å². The van der Waals surface area contributed by atoms with E-state index in [0.717, 1.165) is 16.9 Å². The van der Waals surface area contributed by atoms with E-state index in [2.05, 4.69) is 15.7 Å². The van der Waals surface area contributed by atoms with Crippen molar-refractivity contribution in [1.29, 1.82) is 0 Å². The number of aromatic nitrogens is 2. The molecule has 2 aromatic carbocycles. The van der Waals surface area contributed by atoms with Gasteiger partial charge in [0.2, 0.25) is 12.7 Å². The Labute approximate surface area is 190 Å². The average Bonchev–Trinajstić information content (AvgIpc) is 3.48. The molecule has 0 unspecified atom stereocenters. The first-order chi connectivity index (χ1) is 16.0. The lowest BCUT2D eigenvalue weighted by Crippen LogP contribution is -2.17. The Bertz CT molecular complexity index is 1130. The first-order valence-electron chi connectivity index (χ1n) is 10.2. The Hall–Kier alpha value is -4.34. The second-order valence-electron chi connectivity index (χ2n) is 6.98. The summed E-state index contributed by atoms with van der Waals surface area (Å²) in [6, 6.07) is 13.1. The molecule has 10 nitrogen and oxygen atoms in total. The maximum absolute atomic E-state index is 12.7. The molecule has 3 N–H and O–H groups in total. The molecule has 2 amide bonds. The smallest absolute Gasteiger partial charge is 0.290 e. The molecular weight excluding hydrogens is 428 g/mol. The fraction of sp³-hybridized carbons (Fsp3) is 0.217. The van der Waals surface area contributed by atoms with Gasteiger partial charge in [0.05, 0.1) is 11.9 Å². The number of rotatable bonds is 7. The molecule has 1 aliphatic heterocycles. The van der Waals surface area contributed by atoms with Gasteiger partial charge in [-0.3, -0.25) is 19.1 Å². The molecule has 1 aromatic heterocycles. The first-order valence-corrected chi connectivity index (χ1v) is 10.2. The summed E-state index contributed by atoms with van der Waals surface area (Å²) in [6.45, 7) is 0.573. The molecule has 10 heteroatoms. The van der Waals surface area contributed by atoms with Gasteiger partial charge in [-0.2, -0.15) is 5.10 Å². The van der Waals surface area contributed by atoms with Gasteiger partial charge in [-0.15, -0.1) is 0 Å². The summed E-state index contributed by atoms with van der Waals surface area (Å²) in [7, 11) is 1.62. The number of ether oxygens (including phenoxy) is 2. The van der Waals surface area contributed by atoms with E-state index in [4.69, 9.17) is 19.4 Å². The number of carbonyl (C=O) groups excluding carboxylic acids is 2. The van der Waals surface area contributed by atoms with E-state index in [1.807, 2.05) is 36.4 Å². The lowest BCUT2D eigenvalue weighted by Gasteiger charge is -2.07. The SMILES string of the molecule is CNC(=O)CCCn1cc(NC(=O)c2cccc(-c3ccc4c(c3)OCO4)c2)cn1.O=CO. The molecule has 0 bridgehead atoms. The summed E-state index contributed by atoms with van der Waals surface area (Å²) < 4.78 is 12.5. The predicted molar refractivity (Wildman–Crippen MR) is 120 cm³/mol. The van der Waals surface area contributed by atoms with Crippen molar-refractivity contribution in [2.24, 2.45) is 0 Å². The predicted octanol–water partition coefficient (Wildman–Crippen LogP) is 2.76. The van der Waals surface area contributed by atoms with Gasteiger partial charge in [0.15, 0.2) is 11.5 Å². The minimum atomic E-state index is -0.250. The zero-order valence-electron chi connectivity index (χ0n) is 18.0. The van der Waals surface area contributed by atoms with Crippen LogP contribution in [0.1, 0.15) is 23.2 Å². The Morgan fingerprint density at radius 1 is 1.15 bits per heavy atom. The van der Waals surface area contributed by atoms with E-state index < -0.39 is 0 Å². The van der Waals surface area contributed by atoms with Gasteiger partial charge < -0.3 is 25.2 Å². The second kappa shape index (κ2) is 11.3. The molecule has 0 atom stereocenters. The minimum absolute atomic E-state index is 0.00183. The molecule has 0 saturated carbocycles. The Kier molecular flexibility index (Phi) is 8.01. The molecule has 0 spiro atoms. The van der Waals surface area contributed by atoms with Gasteiger partial charge in [-0.05, 0) is 41.8 Å². The van der Waals surface area contributed by atoms with E-state index in [1.54, 1.807) is 30.2 Å². The van der Waals surface area contributed by atoms with Crippen LogP contribution in [0, 0.1) is 0 Å². The zero-order valence-corrected chi connectivity index (χ0v) is 18.0. The first kappa shape index (κ1) is 23.3. The van der Waals surface area contributed by atoms with Gasteiger partial charge in [0.1, 0.15) is 0 Å². The van der Waals surface area contributed by atoms with Crippen molar-refractivity contribution >= 4 is 24.0 Å². The van der Waals surface area contributed by atoms with Gasteiger partial charge >= 0.3 is 0 Å². The highest BCUT2D eigenvalue weighted by Gasteiger charge is 2.15. The highest BCUT2D eigenvalue weighted by atomic mass is 16.7. The molecule has 0 aliphatic carbocycles. The maximum Gasteiger partial charge on any atom is 0.290 e. The number of aryl methyl sites for hydroxylation is 1. The van der Waals surface area contributed by atoms with Gasteiger partial charge in [0.25, 0.3) is 12.4 Å². The quantitative estimate of drug-likeness (QED) is 0.470. The monoisotopic (exact) mass is 452 g/mol. The van der Waals surface area contributed by atoms with Crippen molar-refractivity contribution in [2.45, 2.75) is 19.4 Å². The summed E-state index contributed by atoms with van der Waals surface area (Å²) in [5.74, 6) is 1.20. The van der Waals surface area contributed by atoms with Crippen molar-refractivity contribution in [3.63, 3.8) is 0 Å². The molecular formula is C23H24N4O6. The number of hydrogen-bond donors (Lipinski definition) is 3. The van der Waals surface area contributed by atoms with E-state index in [-0.39, 0.29) is 25.1 Å². The molecule has 172 valence electrons. The van der Waals surface area contributed by atoms with Gasteiger partial charge in [-0.1, -0.05) is 18.2 Å². The third-order valence-electron chi connectivity index (χ3n) is 4.79. The van der Waals surface area contributed by atoms with Crippen LogP contribution < -0.4 is 20.1 Å². The summed E-state index contributed by atoms with van der Waals surface area (Å²) in [4.78, 5) is 32.3. The number of nitrogens with one attached hydrogen (secondary N) is 2. The Morgan fingerprint density at radius 2 is 1.91 bits per heavy atom. The number of anilines is 1. The van der Waals surface area contributed by atoms with Crippen LogP contribution in [-0.4, -0.2) is 47.0 Å². The van der Waals surface area contributed by atoms with E-state index in [9.17, 15) is 9.59 Å². The van der Waals surface area contributed by atoms with Crippen LogP contribution in [0.2, 0.25) is 0 Å². The molecule has 3 aromatic rings. The second-order valence-corrected chi connectivity index (χ2v) is 6.98. The average molecular weight is 452 g/mol. The number of nitrogens with zero attached hydrogens (tertiary/aromatic N) is 2. The number of carbonyl (C=O) groups is 3. The fourth-order valence-electron chi connectivity index (χ4n) is 3.20. The van der Waals surface area contributed by atoms with Crippen LogP contribution in [0.5, 0.6) is 11.5 Å². The minimum Gasteiger partial charge on any atom is -0.483 e. The van der Waals surface area contributed by atoms with Crippen LogP contribution in [0.4, 0.5) is 5.69 Å². The summed E-state index contributed by atoms with van der Waals surface area (Å²) in [6.07, 6.45) is 4.46. The third-order valence-corrected chi connectivity index (χ3v) is 4.79. The largest absolute Gasteiger partial charge is 0.483 e. The normalized spacial score (nSPS) is 11.2. The molecule has 0 fully saturated rings. The van der Waals surface area contributed by atoms with Crippen LogP contribution in [-0.2, 0) is 16.1 Å². The van der Waals surface area contributed by atoms with E-state index in [1.165, 1.54) is 0 Å². The van der Waals surface area contributed by atoms with Crippen molar-refractivity contribution in [3.05, 3.63) is 60.4 Å². The number of amides is 2. The third kappa shape index (κ3) is 6.33. The topological polar surface area (TPSA) is 132 Å². The van der Waals surface area contributed by atoms with Crippen molar-refractivity contribution in [2.75, 3.05) is 19.2 Å². The zero-order chi connectivity index (χ0) is 23.6. The molecule has 33 heavy (non-hydrogen) atoms. The molecule has 1 aliphatic rings. The Morgan fingerprint density at radius 3 is 2.70 bits per heavy atom. The van der Waals surface area contributed by atoms with Crippen LogP contribution >= 0.6 is 0 Å². The van der Waals surface area contributed by atoms with E-state index in [0.29, 0.717) is 36.4 Å². The highest BCUT2D eigenvalue weighted by Crippen LogP contribution is 2.36. The molecule has 2 heterocycles. The number of benzene rings is 2. The highest BCUT2D eigenvalue weighted by molar-refractivity contribution is 6.04. The molecule has 4 rings (SSSR count). The lowest BCUT2D eigenvalue weighted by atomic mass is 10.0. The van der Waals surface area contributed by atoms with Crippen molar-refractivity contribution in [1.82, 2.24) is 15.1 Å². The molecule has 0 saturated heterocycles. The standard InChI is InChI=1S/C22H22N4O4.CH2O2/c1-23-21(27)6-3-9-26-13-18(12-24-26)25-22(28)17-5-2-4-15(10-17)16-7-8-19-20(11-16)30-14-29-19;2-1-3/h2,4-5,7-8,10-13H,3,6,9,14H2,1H3,(H,23,27)(H,25,28);1H,(H,2,3). The lowest BCUT2D eigenvalue weighted by molar-refractivity contribution is -0.123. The Balaban J connectivity index is 0.000000968. The number of hydrogen-bond acceptors (Lipinski definition) is 6. The van der Waals surface area contributed by atoms with Gasteiger partial charge in [-0.25, -0.2) is 0 Å². The van der Waals surface area contributed by atoms with Crippen molar-refractivity contribution in [3.8, 4) is 22.6 Å². The molecule has 0 radical (unpaired) electrons. The summed E-state index contributed by atoms with van der Waals surface area (Å²) in [5.41, 5.74) is 3.00. The number of carboxylic acid groups (broad SMARTS) is 1.